The van der Waals surface area contributed by atoms with Crippen LogP contribution in [0.1, 0.15) is 13.8 Å². The van der Waals surface area contributed by atoms with Gasteiger partial charge in [0.1, 0.15) is 24.4 Å². The molecule has 1 aliphatic heterocycles. The molecular formula is C14H18Br2N2O2. The van der Waals surface area contributed by atoms with E-state index in [4.69, 9.17) is 15.2 Å². The largest absolute Gasteiger partial charge is 0.492 e. The molecule has 0 unspecified atom stereocenters. The zero-order chi connectivity index (χ0) is 14.7. The standard InChI is InChI=1S/C14H18Br2N2O2/c1-9(2)18-3-4-19-11(7-18)8-20-10-5-12(15)14(17)13(16)6-10/h5-6,8-9H,3-4,7,17H2,1-2H3. The molecule has 0 atom stereocenters. The van der Waals surface area contributed by atoms with Gasteiger partial charge in [-0.1, -0.05) is 0 Å². The van der Waals surface area contributed by atoms with E-state index in [1.165, 1.54) is 0 Å². The van der Waals surface area contributed by atoms with Gasteiger partial charge in [-0.15, -0.1) is 0 Å². The van der Waals surface area contributed by atoms with Crippen LogP contribution in [0, 0.1) is 0 Å². The van der Waals surface area contributed by atoms with Crippen molar-refractivity contribution in [1.29, 1.82) is 0 Å². The van der Waals surface area contributed by atoms with Crippen molar-refractivity contribution in [3.63, 3.8) is 0 Å². The minimum atomic E-state index is 0.502. The van der Waals surface area contributed by atoms with Gasteiger partial charge in [0.15, 0.2) is 0 Å². The highest BCUT2D eigenvalue weighted by atomic mass is 79.9. The van der Waals surface area contributed by atoms with Crippen LogP contribution in [0.5, 0.6) is 5.75 Å². The summed E-state index contributed by atoms with van der Waals surface area (Å²) >= 11 is 6.79. The Kier molecular flexibility index (Phi) is 5.35. The summed E-state index contributed by atoms with van der Waals surface area (Å²) in [4.78, 5) is 2.34. The number of hydrogen-bond donors (Lipinski definition) is 1. The fourth-order valence-electron chi connectivity index (χ4n) is 1.89. The van der Waals surface area contributed by atoms with Crippen molar-refractivity contribution in [1.82, 2.24) is 4.90 Å². The Morgan fingerprint density at radius 3 is 2.60 bits per heavy atom. The first-order valence-corrected chi connectivity index (χ1v) is 8.03. The van der Waals surface area contributed by atoms with Gasteiger partial charge in [0, 0.05) is 21.5 Å². The van der Waals surface area contributed by atoms with Crippen LogP contribution in [0.15, 0.2) is 33.1 Å². The van der Waals surface area contributed by atoms with Crippen LogP contribution in [-0.2, 0) is 4.74 Å². The lowest BCUT2D eigenvalue weighted by Crippen LogP contribution is -2.39. The second-order valence-corrected chi connectivity index (χ2v) is 6.62. The van der Waals surface area contributed by atoms with E-state index in [2.05, 4.69) is 50.6 Å². The Morgan fingerprint density at radius 1 is 1.35 bits per heavy atom. The van der Waals surface area contributed by atoms with Crippen LogP contribution in [0.4, 0.5) is 5.69 Å². The maximum absolute atomic E-state index is 5.85. The van der Waals surface area contributed by atoms with Crippen molar-refractivity contribution in [2.24, 2.45) is 0 Å². The first-order valence-electron chi connectivity index (χ1n) is 6.44. The van der Waals surface area contributed by atoms with Gasteiger partial charge in [0.25, 0.3) is 0 Å². The lowest BCUT2D eigenvalue weighted by molar-refractivity contribution is 0.0710. The van der Waals surface area contributed by atoms with Crippen LogP contribution in [0.3, 0.4) is 0 Å². The second kappa shape index (κ2) is 6.83. The molecule has 1 saturated heterocycles. The van der Waals surface area contributed by atoms with E-state index in [0.717, 1.165) is 27.8 Å². The van der Waals surface area contributed by atoms with Gasteiger partial charge in [0.05, 0.1) is 12.2 Å². The van der Waals surface area contributed by atoms with Crippen LogP contribution < -0.4 is 10.5 Å². The van der Waals surface area contributed by atoms with Gasteiger partial charge in [0.2, 0.25) is 0 Å². The molecule has 2 rings (SSSR count). The van der Waals surface area contributed by atoms with Gasteiger partial charge in [-0.3, -0.25) is 4.90 Å². The van der Waals surface area contributed by atoms with Gasteiger partial charge in [-0.05, 0) is 57.8 Å². The molecule has 110 valence electrons. The minimum absolute atomic E-state index is 0.502. The average molecular weight is 406 g/mol. The van der Waals surface area contributed by atoms with Crippen LogP contribution in [0.25, 0.3) is 0 Å². The molecule has 0 saturated carbocycles. The van der Waals surface area contributed by atoms with E-state index >= 15 is 0 Å². The van der Waals surface area contributed by atoms with E-state index in [1.807, 2.05) is 12.1 Å². The molecule has 1 aromatic rings. The molecule has 1 aromatic carbocycles. The highest BCUT2D eigenvalue weighted by Crippen LogP contribution is 2.33. The van der Waals surface area contributed by atoms with E-state index in [9.17, 15) is 0 Å². The number of nitrogens with two attached hydrogens (primary N) is 1. The summed E-state index contributed by atoms with van der Waals surface area (Å²) in [6, 6.07) is 4.17. The van der Waals surface area contributed by atoms with Crippen molar-refractivity contribution >= 4 is 37.5 Å². The van der Waals surface area contributed by atoms with Crippen molar-refractivity contribution in [3.8, 4) is 5.75 Å². The van der Waals surface area contributed by atoms with Crippen molar-refractivity contribution in [3.05, 3.63) is 33.1 Å². The Bertz CT molecular complexity index is 495. The summed E-state index contributed by atoms with van der Waals surface area (Å²) in [5.74, 6) is 1.55. The third kappa shape index (κ3) is 3.90. The van der Waals surface area contributed by atoms with E-state index in [1.54, 1.807) is 6.26 Å². The number of anilines is 1. The lowest BCUT2D eigenvalue weighted by atomic mass is 10.3. The number of morpholine rings is 1. The topological polar surface area (TPSA) is 47.7 Å². The molecular weight excluding hydrogens is 388 g/mol. The van der Waals surface area contributed by atoms with E-state index in [0.29, 0.717) is 24.1 Å². The highest BCUT2D eigenvalue weighted by molar-refractivity contribution is 9.11. The lowest BCUT2D eigenvalue weighted by Gasteiger charge is -2.31. The van der Waals surface area contributed by atoms with Crippen molar-refractivity contribution < 1.29 is 9.47 Å². The molecule has 0 aliphatic carbocycles. The Morgan fingerprint density at radius 2 is 2.00 bits per heavy atom. The van der Waals surface area contributed by atoms with Crippen LogP contribution >= 0.6 is 31.9 Å². The smallest absolute Gasteiger partial charge is 0.145 e. The summed E-state index contributed by atoms with van der Waals surface area (Å²) in [6.07, 6.45) is 1.67. The van der Waals surface area contributed by atoms with Crippen LogP contribution in [-0.4, -0.2) is 30.6 Å². The zero-order valence-electron chi connectivity index (χ0n) is 11.5. The number of ether oxygens (including phenoxy) is 2. The number of nitrogen functional groups attached to an aromatic ring is 1. The maximum atomic E-state index is 5.85. The molecule has 6 heteroatoms. The molecule has 20 heavy (non-hydrogen) atoms. The predicted molar refractivity (Wildman–Crippen MR) is 87.6 cm³/mol. The third-order valence-corrected chi connectivity index (χ3v) is 4.45. The first kappa shape index (κ1) is 15.7. The average Bonchev–Trinajstić information content (AvgIpc) is 2.42. The SMILES string of the molecule is CC(C)N1CCOC(=COc2cc(Br)c(N)c(Br)c2)C1. The number of nitrogens with zero attached hydrogens (tertiary/aromatic N) is 1. The van der Waals surface area contributed by atoms with E-state index < -0.39 is 0 Å². The van der Waals surface area contributed by atoms with Gasteiger partial charge < -0.3 is 15.2 Å². The van der Waals surface area contributed by atoms with Crippen molar-refractivity contribution in [2.45, 2.75) is 19.9 Å². The first-order chi connectivity index (χ1) is 9.47. The molecule has 2 N–H and O–H groups in total. The number of benzene rings is 1. The molecule has 0 spiro atoms. The van der Waals surface area contributed by atoms with Crippen molar-refractivity contribution in [2.75, 3.05) is 25.4 Å². The molecule has 0 radical (unpaired) electrons. The van der Waals surface area contributed by atoms with E-state index in [-0.39, 0.29) is 0 Å². The molecule has 4 nitrogen and oxygen atoms in total. The highest BCUT2D eigenvalue weighted by Gasteiger charge is 2.18. The quantitative estimate of drug-likeness (QED) is 0.614. The molecule has 0 aromatic heterocycles. The van der Waals surface area contributed by atoms with Gasteiger partial charge >= 0.3 is 0 Å². The number of rotatable bonds is 3. The molecule has 1 heterocycles. The summed E-state index contributed by atoms with van der Waals surface area (Å²) < 4.78 is 12.9. The Labute approximate surface area is 136 Å². The molecule has 0 bridgehead atoms. The molecule has 0 amide bonds. The Hall–Kier alpha value is -0.720. The number of halogens is 2. The number of hydrogen-bond acceptors (Lipinski definition) is 4. The molecule has 1 aliphatic rings. The van der Waals surface area contributed by atoms with Crippen LogP contribution in [0.2, 0.25) is 0 Å². The third-order valence-electron chi connectivity index (χ3n) is 3.13. The molecule has 1 fully saturated rings. The van der Waals surface area contributed by atoms with Gasteiger partial charge in [-0.25, -0.2) is 0 Å². The monoisotopic (exact) mass is 404 g/mol. The minimum Gasteiger partial charge on any atom is -0.492 e. The second-order valence-electron chi connectivity index (χ2n) is 4.92. The summed E-state index contributed by atoms with van der Waals surface area (Å²) in [5.41, 5.74) is 6.50. The predicted octanol–water partition coefficient (Wildman–Crippen LogP) is 3.75. The normalized spacial score (nSPS) is 18.4. The summed E-state index contributed by atoms with van der Waals surface area (Å²) in [6.45, 7) is 6.78. The van der Waals surface area contributed by atoms with Gasteiger partial charge in [-0.2, -0.15) is 0 Å². The maximum Gasteiger partial charge on any atom is 0.145 e. The zero-order valence-corrected chi connectivity index (χ0v) is 14.7. The Balaban J connectivity index is 2.05. The summed E-state index contributed by atoms with van der Waals surface area (Å²) in [5, 5.41) is 0. The fraction of sp³-hybridized carbons (Fsp3) is 0.429. The fourth-order valence-corrected chi connectivity index (χ4v) is 3.04. The summed E-state index contributed by atoms with van der Waals surface area (Å²) in [7, 11) is 0.